The minimum absolute atomic E-state index is 0.218. The van der Waals surface area contributed by atoms with Crippen LogP contribution in [0.25, 0.3) is 0 Å². The summed E-state index contributed by atoms with van der Waals surface area (Å²) in [6, 6.07) is 7.29. The van der Waals surface area contributed by atoms with Gasteiger partial charge in [-0.3, -0.25) is 4.79 Å². The average Bonchev–Trinajstić information content (AvgIpc) is 3.20. The van der Waals surface area contributed by atoms with E-state index in [1.807, 2.05) is 0 Å². The molecular formula is C26H39NO. The van der Waals surface area contributed by atoms with E-state index >= 15 is 0 Å². The normalized spacial score (nSPS) is 32.8. The van der Waals surface area contributed by atoms with E-state index in [2.05, 4.69) is 51.2 Å². The second-order valence-corrected chi connectivity index (χ2v) is 10.8. The van der Waals surface area contributed by atoms with Crippen LogP contribution >= 0.6 is 0 Å². The average molecular weight is 382 g/mol. The molecular weight excluding hydrogens is 342 g/mol. The van der Waals surface area contributed by atoms with Crippen LogP contribution in [0.3, 0.4) is 0 Å². The Bertz CT molecular complexity index is 732. The lowest BCUT2D eigenvalue weighted by Gasteiger charge is -2.55. The molecule has 3 aliphatic rings. The van der Waals surface area contributed by atoms with E-state index < -0.39 is 0 Å². The van der Waals surface area contributed by atoms with E-state index in [1.54, 1.807) is 11.1 Å². The van der Waals surface area contributed by atoms with Crippen LogP contribution in [-0.2, 0) is 16.6 Å². The van der Waals surface area contributed by atoms with Gasteiger partial charge in [0.05, 0.1) is 0 Å². The Morgan fingerprint density at radius 2 is 1.86 bits per heavy atom. The molecule has 1 aromatic rings. The summed E-state index contributed by atoms with van der Waals surface area (Å²) in [5.74, 6) is 1.86. The van der Waals surface area contributed by atoms with Gasteiger partial charge in [0.1, 0.15) is 0 Å². The number of hydrogen-bond acceptors (Lipinski definition) is 1. The minimum Gasteiger partial charge on any atom is -0.355 e. The van der Waals surface area contributed by atoms with E-state index in [9.17, 15) is 4.79 Å². The van der Waals surface area contributed by atoms with Crippen LogP contribution in [-0.4, -0.2) is 12.5 Å². The van der Waals surface area contributed by atoms with E-state index in [0.29, 0.717) is 17.7 Å². The van der Waals surface area contributed by atoms with Crippen LogP contribution in [0.15, 0.2) is 18.2 Å². The third kappa shape index (κ3) is 3.42. The first-order valence-electron chi connectivity index (χ1n) is 11.7. The molecule has 0 bridgehead atoms. The molecule has 2 fully saturated rings. The SMILES string of the molecule is CC(C)c1ccc2c(c1)CC[C@H]1[C@](C)(CNC(=O)C3CCCC3)CCC[C@]21C. The Morgan fingerprint density at radius 1 is 1.11 bits per heavy atom. The summed E-state index contributed by atoms with van der Waals surface area (Å²) in [4.78, 5) is 12.7. The standard InChI is InChI=1S/C26H39NO/c1-18(2)20-10-12-22-21(16-20)11-13-23-25(3,14-7-15-26(22,23)4)17-27-24(28)19-8-5-6-9-19/h10,12,16,18-19,23H,5-9,11,13-15,17H2,1-4H3,(H,27,28)/t23-,25-,26+/m0/s1. The predicted octanol–water partition coefficient (Wildman–Crippen LogP) is 6.13. The fourth-order valence-corrected chi connectivity index (χ4v) is 6.84. The molecule has 2 heteroatoms. The second kappa shape index (κ2) is 7.50. The number of fused-ring (bicyclic) bond motifs is 3. The van der Waals surface area contributed by atoms with Crippen LogP contribution in [0.1, 0.15) is 102 Å². The van der Waals surface area contributed by atoms with Gasteiger partial charge in [0, 0.05) is 12.5 Å². The summed E-state index contributed by atoms with van der Waals surface area (Å²) in [5.41, 5.74) is 5.14. The van der Waals surface area contributed by atoms with Gasteiger partial charge < -0.3 is 5.32 Å². The topological polar surface area (TPSA) is 29.1 Å². The number of hydrogen-bond donors (Lipinski definition) is 1. The highest BCUT2D eigenvalue weighted by Crippen LogP contribution is 2.57. The second-order valence-electron chi connectivity index (χ2n) is 10.8. The fourth-order valence-electron chi connectivity index (χ4n) is 6.84. The summed E-state index contributed by atoms with van der Waals surface area (Å²) in [5, 5.41) is 3.39. The summed E-state index contributed by atoms with van der Waals surface area (Å²) < 4.78 is 0. The van der Waals surface area contributed by atoms with Crippen LogP contribution in [0.4, 0.5) is 0 Å². The first-order valence-corrected chi connectivity index (χ1v) is 11.7. The van der Waals surface area contributed by atoms with Gasteiger partial charge in [-0.25, -0.2) is 0 Å². The predicted molar refractivity (Wildman–Crippen MR) is 117 cm³/mol. The zero-order valence-corrected chi connectivity index (χ0v) is 18.4. The number of aryl methyl sites for hydroxylation is 1. The number of amides is 1. The van der Waals surface area contributed by atoms with Crippen molar-refractivity contribution in [2.75, 3.05) is 6.54 Å². The fraction of sp³-hybridized carbons (Fsp3) is 0.731. The van der Waals surface area contributed by atoms with Crippen molar-refractivity contribution in [1.29, 1.82) is 0 Å². The molecule has 28 heavy (non-hydrogen) atoms. The molecule has 1 aromatic carbocycles. The molecule has 0 aliphatic heterocycles. The van der Waals surface area contributed by atoms with E-state index in [-0.39, 0.29) is 16.7 Å². The Labute approximate surface area is 171 Å². The first kappa shape index (κ1) is 20.0. The number of nitrogens with one attached hydrogen (secondary N) is 1. The molecule has 1 amide bonds. The summed E-state index contributed by atoms with van der Waals surface area (Å²) in [7, 11) is 0. The molecule has 3 aliphatic carbocycles. The Balaban J connectivity index is 1.55. The van der Waals surface area contributed by atoms with Gasteiger partial charge in [0.25, 0.3) is 0 Å². The third-order valence-corrected chi connectivity index (χ3v) is 8.56. The van der Waals surface area contributed by atoms with Gasteiger partial charge in [0.15, 0.2) is 0 Å². The van der Waals surface area contributed by atoms with Gasteiger partial charge in [-0.2, -0.15) is 0 Å². The van der Waals surface area contributed by atoms with Crippen molar-refractivity contribution in [2.45, 2.75) is 96.8 Å². The highest BCUT2D eigenvalue weighted by molar-refractivity contribution is 5.78. The number of rotatable bonds is 4. The lowest BCUT2D eigenvalue weighted by Crippen LogP contribution is -2.53. The van der Waals surface area contributed by atoms with Crippen LogP contribution < -0.4 is 5.32 Å². The lowest BCUT2D eigenvalue weighted by atomic mass is 9.49. The van der Waals surface area contributed by atoms with Crippen molar-refractivity contribution in [3.05, 3.63) is 34.9 Å². The van der Waals surface area contributed by atoms with Crippen molar-refractivity contribution in [1.82, 2.24) is 5.32 Å². The summed E-state index contributed by atoms with van der Waals surface area (Å²) in [6.07, 6.45) is 10.9. The summed E-state index contributed by atoms with van der Waals surface area (Å²) >= 11 is 0. The summed E-state index contributed by atoms with van der Waals surface area (Å²) in [6.45, 7) is 10.4. The van der Waals surface area contributed by atoms with Crippen molar-refractivity contribution >= 4 is 5.91 Å². The van der Waals surface area contributed by atoms with Crippen LogP contribution in [0.2, 0.25) is 0 Å². The number of benzene rings is 1. The van der Waals surface area contributed by atoms with Gasteiger partial charge >= 0.3 is 0 Å². The van der Waals surface area contributed by atoms with Gasteiger partial charge in [-0.05, 0) is 77.9 Å². The van der Waals surface area contributed by atoms with Crippen molar-refractivity contribution < 1.29 is 4.79 Å². The van der Waals surface area contributed by atoms with Crippen molar-refractivity contribution in [3.63, 3.8) is 0 Å². The molecule has 2 saturated carbocycles. The maximum Gasteiger partial charge on any atom is 0.223 e. The quantitative estimate of drug-likeness (QED) is 0.668. The molecule has 0 heterocycles. The maximum atomic E-state index is 12.7. The molecule has 0 unspecified atom stereocenters. The number of carbonyl (C=O) groups excluding carboxylic acids is 1. The molecule has 154 valence electrons. The minimum atomic E-state index is 0.218. The largest absolute Gasteiger partial charge is 0.355 e. The molecule has 1 N–H and O–H groups in total. The molecule has 0 saturated heterocycles. The molecule has 3 atom stereocenters. The smallest absolute Gasteiger partial charge is 0.223 e. The number of carbonyl (C=O) groups is 1. The highest BCUT2D eigenvalue weighted by Gasteiger charge is 2.51. The molecule has 4 rings (SSSR count). The Morgan fingerprint density at radius 3 is 2.57 bits per heavy atom. The van der Waals surface area contributed by atoms with E-state index in [1.165, 1.54) is 50.5 Å². The Hall–Kier alpha value is -1.31. The van der Waals surface area contributed by atoms with Crippen LogP contribution in [0.5, 0.6) is 0 Å². The van der Waals surface area contributed by atoms with E-state index in [0.717, 1.165) is 19.4 Å². The zero-order chi connectivity index (χ0) is 19.9. The van der Waals surface area contributed by atoms with Crippen LogP contribution in [0, 0.1) is 17.3 Å². The maximum absolute atomic E-state index is 12.7. The molecule has 0 radical (unpaired) electrons. The van der Waals surface area contributed by atoms with Gasteiger partial charge in [-0.1, -0.05) is 65.2 Å². The zero-order valence-electron chi connectivity index (χ0n) is 18.4. The van der Waals surface area contributed by atoms with Crippen molar-refractivity contribution in [3.8, 4) is 0 Å². The molecule has 2 nitrogen and oxygen atoms in total. The van der Waals surface area contributed by atoms with Crippen molar-refractivity contribution in [2.24, 2.45) is 17.3 Å². The lowest BCUT2D eigenvalue weighted by molar-refractivity contribution is -0.126. The monoisotopic (exact) mass is 381 g/mol. The highest BCUT2D eigenvalue weighted by atomic mass is 16.1. The third-order valence-electron chi connectivity index (χ3n) is 8.56. The van der Waals surface area contributed by atoms with Gasteiger partial charge in [0.2, 0.25) is 5.91 Å². The molecule has 0 spiro atoms. The Kier molecular flexibility index (Phi) is 5.35. The van der Waals surface area contributed by atoms with E-state index in [4.69, 9.17) is 0 Å². The molecule has 0 aromatic heterocycles. The van der Waals surface area contributed by atoms with Gasteiger partial charge in [-0.15, -0.1) is 0 Å². The first-order chi connectivity index (χ1) is 13.3.